The van der Waals surface area contributed by atoms with Crippen molar-refractivity contribution in [1.29, 1.82) is 0 Å². The van der Waals surface area contributed by atoms with Crippen molar-refractivity contribution in [1.82, 2.24) is 9.97 Å². The summed E-state index contributed by atoms with van der Waals surface area (Å²) >= 11 is 0. The molecule has 1 N–H and O–H groups in total. The van der Waals surface area contributed by atoms with E-state index >= 15 is 0 Å². The highest BCUT2D eigenvalue weighted by Gasteiger charge is 2.23. The lowest BCUT2D eigenvalue weighted by Gasteiger charge is -2.14. The molecule has 2 unspecified atom stereocenters. The van der Waals surface area contributed by atoms with E-state index in [1.165, 1.54) is 24.1 Å². The van der Waals surface area contributed by atoms with E-state index in [-0.39, 0.29) is 0 Å². The van der Waals surface area contributed by atoms with Gasteiger partial charge in [-0.05, 0) is 35.4 Å². The van der Waals surface area contributed by atoms with Crippen LogP contribution in [0, 0.1) is 5.92 Å². The minimum absolute atomic E-state index is 0.415. The van der Waals surface area contributed by atoms with E-state index in [0.717, 1.165) is 5.92 Å². The number of nitrogens with one attached hydrogen (secondary N) is 1. The van der Waals surface area contributed by atoms with Crippen molar-refractivity contribution in [2.75, 3.05) is 0 Å². The van der Waals surface area contributed by atoms with E-state index in [0.29, 0.717) is 5.92 Å². The molecule has 2 nitrogen and oxygen atoms in total. The number of hydrogen-bond donors (Lipinski definition) is 1. The van der Waals surface area contributed by atoms with Crippen LogP contribution in [-0.2, 0) is 12.8 Å². The standard InChI is InChI=1S/C15H18N2/c1-10-6-12-4-3-5-13(14(12)7-10)11(2)15-8-16-9-17-15/h3-5,8-11H,6-7H2,1-2H3,(H,16,17). The van der Waals surface area contributed by atoms with Gasteiger partial charge in [-0.2, -0.15) is 0 Å². The molecule has 0 saturated carbocycles. The Bertz CT molecular complexity index is 514. The number of nitrogens with zero attached hydrogens (tertiary/aromatic N) is 1. The van der Waals surface area contributed by atoms with Crippen molar-refractivity contribution in [3.8, 4) is 0 Å². The minimum Gasteiger partial charge on any atom is -0.348 e. The Labute approximate surface area is 102 Å². The molecule has 0 bridgehead atoms. The average molecular weight is 226 g/mol. The molecule has 0 radical (unpaired) electrons. The van der Waals surface area contributed by atoms with Crippen molar-refractivity contribution in [2.45, 2.75) is 32.6 Å². The number of H-pyrrole nitrogens is 1. The fraction of sp³-hybridized carbons (Fsp3) is 0.400. The zero-order chi connectivity index (χ0) is 11.8. The molecular formula is C15H18N2. The van der Waals surface area contributed by atoms with Gasteiger partial charge in [-0.1, -0.05) is 32.0 Å². The lowest BCUT2D eigenvalue weighted by Crippen LogP contribution is -2.01. The van der Waals surface area contributed by atoms with Gasteiger partial charge < -0.3 is 4.98 Å². The van der Waals surface area contributed by atoms with Gasteiger partial charge in [-0.3, -0.25) is 0 Å². The second-order valence-electron chi connectivity index (χ2n) is 5.23. The van der Waals surface area contributed by atoms with Gasteiger partial charge in [-0.15, -0.1) is 0 Å². The Morgan fingerprint density at radius 2 is 2.24 bits per heavy atom. The normalized spacial score (nSPS) is 20.2. The number of imidazole rings is 1. The lowest BCUT2D eigenvalue weighted by molar-refractivity contribution is 0.625. The number of aromatic nitrogens is 2. The maximum absolute atomic E-state index is 4.12. The molecular weight excluding hydrogens is 208 g/mol. The molecule has 17 heavy (non-hydrogen) atoms. The summed E-state index contributed by atoms with van der Waals surface area (Å²) in [6.45, 7) is 4.59. The van der Waals surface area contributed by atoms with Crippen LogP contribution in [0.25, 0.3) is 0 Å². The first-order chi connectivity index (χ1) is 8.25. The predicted molar refractivity (Wildman–Crippen MR) is 69.1 cm³/mol. The molecule has 2 heteroatoms. The van der Waals surface area contributed by atoms with Crippen molar-refractivity contribution < 1.29 is 0 Å². The van der Waals surface area contributed by atoms with E-state index in [1.54, 1.807) is 17.5 Å². The average Bonchev–Trinajstić information content (AvgIpc) is 2.94. The largest absolute Gasteiger partial charge is 0.348 e. The van der Waals surface area contributed by atoms with Crippen molar-refractivity contribution in [3.63, 3.8) is 0 Å². The highest BCUT2D eigenvalue weighted by Crippen LogP contribution is 2.34. The zero-order valence-corrected chi connectivity index (χ0v) is 10.4. The topological polar surface area (TPSA) is 28.7 Å². The molecule has 88 valence electrons. The molecule has 1 aromatic carbocycles. The Kier molecular flexibility index (Phi) is 2.50. The number of benzene rings is 1. The quantitative estimate of drug-likeness (QED) is 0.836. The predicted octanol–water partition coefficient (Wildman–Crippen LogP) is 3.30. The summed E-state index contributed by atoms with van der Waals surface area (Å²) in [6.07, 6.45) is 6.16. The minimum atomic E-state index is 0.415. The van der Waals surface area contributed by atoms with Crippen molar-refractivity contribution in [2.24, 2.45) is 5.92 Å². The van der Waals surface area contributed by atoms with Crippen LogP contribution in [0.15, 0.2) is 30.7 Å². The van der Waals surface area contributed by atoms with Crippen LogP contribution >= 0.6 is 0 Å². The highest BCUT2D eigenvalue weighted by atomic mass is 14.9. The molecule has 0 aliphatic heterocycles. The second kappa shape index (κ2) is 4.02. The van der Waals surface area contributed by atoms with Gasteiger partial charge in [0.2, 0.25) is 0 Å². The third kappa shape index (κ3) is 1.78. The Balaban J connectivity index is 2.02. The Morgan fingerprint density at radius 3 is 3.00 bits per heavy atom. The smallest absolute Gasteiger partial charge is 0.0921 e. The molecule has 2 atom stereocenters. The molecule has 2 aromatic rings. The first kappa shape index (κ1) is 10.6. The van der Waals surface area contributed by atoms with Crippen LogP contribution in [0.4, 0.5) is 0 Å². The first-order valence-corrected chi connectivity index (χ1v) is 6.34. The molecule has 0 amide bonds. The lowest BCUT2D eigenvalue weighted by atomic mass is 9.91. The molecule has 1 aromatic heterocycles. The third-order valence-corrected chi connectivity index (χ3v) is 3.88. The van der Waals surface area contributed by atoms with Gasteiger partial charge in [0.25, 0.3) is 0 Å². The van der Waals surface area contributed by atoms with Crippen LogP contribution < -0.4 is 0 Å². The summed E-state index contributed by atoms with van der Waals surface area (Å²) in [5.74, 6) is 1.21. The van der Waals surface area contributed by atoms with Crippen LogP contribution in [0.2, 0.25) is 0 Å². The summed E-state index contributed by atoms with van der Waals surface area (Å²) in [7, 11) is 0. The van der Waals surface area contributed by atoms with Crippen LogP contribution in [0.5, 0.6) is 0 Å². The molecule has 0 saturated heterocycles. The van der Waals surface area contributed by atoms with Gasteiger partial charge >= 0.3 is 0 Å². The Morgan fingerprint density at radius 1 is 1.35 bits per heavy atom. The first-order valence-electron chi connectivity index (χ1n) is 6.34. The van der Waals surface area contributed by atoms with Gasteiger partial charge in [-0.25, -0.2) is 4.98 Å². The number of rotatable bonds is 2. The number of hydrogen-bond acceptors (Lipinski definition) is 1. The number of fused-ring (bicyclic) bond motifs is 1. The van der Waals surface area contributed by atoms with E-state index < -0.39 is 0 Å². The van der Waals surface area contributed by atoms with Gasteiger partial charge in [0.1, 0.15) is 0 Å². The molecule has 0 fully saturated rings. The van der Waals surface area contributed by atoms with Crippen molar-refractivity contribution in [3.05, 3.63) is 53.1 Å². The molecule has 0 spiro atoms. The van der Waals surface area contributed by atoms with Gasteiger partial charge in [0.05, 0.1) is 6.33 Å². The fourth-order valence-electron chi connectivity index (χ4n) is 2.97. The SMILES string of the molecule is CC1Cc2cccc(C(C)c3cnc[nH]3)c2C1. The summed E-state index contributed by atoms with van der Waals surface area (Å²) in [6, 6.07) is 6.74. The molecule has 1 heterocycles. The zero-order valence-electron chi connectivity index (χ0n) is 10.4. The fourth-order valence-corrected chi connectivity index (χ4v) is 2.97. The van der Waals surface area contributed by atoms with E-state index in [2.05, 4.69) is 42.0 Å². The van der Waals surface area contributed by atoms with Gasteiger partial charge in [0, 0.05) is 17.8 Å². The number of aromatic amines is 1. The summed E-state index contributed by atoms with van der Waals surface area (Å²) in [4.78, 5) is 7.35. The monoisotopic (exact) mass is 226 g/mol. The molecule has 3 rings (SSSR count). The third-order valence-electron chi connectivity index (χ3n) is 3.88. The summed E-state index contributed by atoms with van der Waals surface area (Å²) in [5, 5.41) is 0. The maximum atomic E-state index is 4.12. The Hall–Kier alpha value is -1.57. The van der Waals surface area contributed by atoms with Crippen LogP contribution in [0.3, 0.4) is 0 Å². The van der Waals surface area contributed by atoms with Crippen LogP contribution in [-0.4, -0.2) is 9.97 Å². The maximum Gasteiger partial charge on any atom is 0.0921 e. The molecule has 1 aliphatic carbocycles. The highest BCUT2D eigenvalue weighted by molar-refractivity contribution is 5.43. The van der Waals surface area contributed by atoms with E-state index in [1.807, 2.05) is 6.20 Å². The van der Waals surface area contributed by atoms with Crippen LogP contribution in [0.1, 0.15) is 42.1 Å². The van der Waals surface area contributed by atoms with Gasteiger partial charge in [0.15, 0.2) is 0 Å². The summed E-state index contributed by atoms with van der Waals surface area (Å²) < 4.78 is 0. The molecule has 1 aliphatic rings. The van der Waals surface area contributed by atoms with E-state index in [4.69, 9.17) is 0 Å². The summed E-state index contributed by atoms with van der Waals surface area (Å²) in [5.41, 5.74) is 5.79. The van der Waals surface area contributed by atoms with E-state index in [9.17, 15) is 0 Å². The van der Waals surface area contributed by atoms with Crippen molar-refractivity contribution >= 4 is 0 Å². The second-order valence-corrected chi connectivity index (χ2v) is 5.23.